The Bertz CT molecular complexity index is 1000. The molecule has 0 saturated heterocycles. The standard InChI is InChI=1S/C20H17BrN2O3S/c1-12-4-2-5-13(10-12)8-9-17(24)23-19-18(20(25)26)14(11-27-19)15-6-3-7-16(21)22-15/h2-7,10-11H,8-9H2,1H3,(H,23,24)(H,25,26). The van der Waals surface area contributed by atoms with Gasteiger partial charge in [-0.05, 0) is 47.0 Å². The first-order chi connectivity index (χ1) is 12.9. The van der Waals surface area contributed by atoms with Crippen molar-refractivity contribution in [1.29, 1.82) is 0 Å². The van der Waals surface area contributed by atoms with Crippen LogP contribution in [-0.2, 0) is 11.2 Å². The summed E-state index contributed by atoms with van der Waals surface area (Å²) >= 11 is 4.48. The van der Waals surface area contributed by atoms with E-state index in [0.717, 1.165) is 11.1 Å². The van der Waals surface area contributed by atoms with Crippen molar-refractivity contribution in [3.63, 3.8) is 0 Å². The molecule has 2 N–H and O–H groups in total. The molecular formula is C20H17BrN2O3S. The molecule has 0 bridgehead atoms. The van der Waals surface area contributed by atoms with Crippen LogP contribution in [0.4, 0.5) is 5.00 Å². The second-order valence-electron chi connectivity index (χ2n) is 6.04. The van der Waals surface area contributed by atoms with Gasteiger partial charge in [-0.1, -0.05) is 35.9 Å². The Morgan fingerprint density at radius 1 is 1.22 bits per heavy atom. The number of rotatable bonds is 6. The number of halogens is 1. The van der Waals surface area contributed by atoms with Gasteiger partial charge in [0.15, 0.2) is 0 Å². The van der Waals surface area contributed by atoms with E-state index in [-0.39, 0.29) is 17.9 Å². The molecule has 0 saturated carbocycles. The van der Waals surface area contributed by atoms with Crippen LogP contribution in [0.5, 0.6) is 0 Å². The van der Waals surface area contributed by atoms with E-state index in [4.69, 9.17) is 0 Å². The van der Waals surface area contributed by atoms with Gasteiger partial charge in [-0.25, -0.2) is 9.78 Å². The van der Waals surface area contributed by atoms with E-state index in [9.17, 15) is 14.7 Å². The zero-order valence-electron chi connectivity index (χ0n) is 14.5. The lowest BCUT2D eigenvalue weighted by Crippen LogP contribution is -2.14. The van der Waals surface area contributed by atoms with Crippen LogP contribution in [0.15, 0.2) is 52.4 Å². The van der Waals surface area contributed by atoms with E-state index < -0.39 is 5.97 Å². The minimum atomic E-state index is -1.10. The molecule has 3 rings (SSSR count). The number of carboxylic acids is 1. The molecule has 0 aliphatic heterocycles. The molecule has 5 nitrogen and oxygen atoms in total. The van der Waals surface area contributed by atoms with E-state index in [2.05, 4.69) is 26.2 Å². The topological polar surface area (TPSA) is 79.3 Å². The minimum absolute atomic E-state index is 0.0644. The number of hydrogen-bond donors (Lipinski definition) is 2. The number of aromatic carboxylic acids is 1. The molecule has 0 radical (unpaired) electrons. The zero-order chi connectivity index (χ0) is 19.4. The predicted molar refractivity (Wildman–Crippen MR) is 110 cm³/mol. The Hall–Kier alpha value is -2.51. The van der Waals surface area contributed by atoms with Gasteiger partial charge >= 0.3 is 5.97 Å². The molecule has 2 aromatic heterocycles. The number of amides is 1. The molecular weight excluding hydrogens is 428 g/mol. The van der Waals surface area contributed by atoms with E-state index in [1.807, 2.05) is 31.2 Å². The van der Waals surface area contributed by atoms with Crippen molar-refractivity contribution >= 4 is 44.1 Å². The van der Waals surface area contributed by atoms with Crippen molar-refractivity contribution in [2.24, 2.45) is 0 Å². The fourth-order valence-electron chi connectivity index (χ4n) is 2.72. The second-order valence-corrected chi connectivity index (χ2v) is 7.73. The lowest BCUT2D eigenvalue weighted by atomic mass is 10.1. The van der Waals surface area contributed by atoms with Gasteiger partial charge in [0.1, 0.15) is 15.2 Å². The summed E-state index contributed by atoms with van der Waals surface area (Å²) in [6, 6.07) is 13.3. The Labute approximate surface area is 169 Å². The van der Waals surface area contributed by atoms with Gasteiger partial charge in [0, 0.05) is 17.4 Å². The monoisotopic (exact) mass is 444 g/mol. The average molecular weight is 445 g/mol. The van der Waals surface area contributed by atoms with Gasteiger partial charge in [-0.2, -0.15) is 0 Å². The van der Waals surface area contributed by atoms with Gasteiger partial charge in [0.05, 0.1) is 5.69 Å². The van der Waals surface area contributed by atoms with Gasteiger partial charge in [0.25, 0.3) is 0 Å². The van der Waals surface area contributed by atoms with E-state index in [1.54, 1.807) is 23.6 Å². The maximum atomic E-state index is 12.3. The van der Waals surface area contributed by atoms with Crippen molar-refractivity contribution < 1.29 is 14.7 Å². The molecule has 3 aromatic rings. The molecule has 1 amide bonds. The number of hydrogen-bond acceptors (Lipinski definition) is 4. The van der Waals surface area contributed by atoms with Gasteiger partial charge < -0.3 is 10.4 Å². The van der Waals surface area contributed by atoms with Crippen molar-refractivity contribution in [2.75, 3.05) is 5.32 Å². The van der Waals surface area contributed by atoms with Crippen LogP contribution in [0.1, 0.15) is 27.9 Å². The fourth-order valence-corrected chi connectivity index (χ4v) is 4.03. The van der Waals surface area contributed by atoms with Gasteiger partial charge in [0.2, 0.25) is 5.91 Å². The van der Waals surface area contributed by atoms with Crippen LogP contribution >= 0.6 is 27.3 Å². The summed E-state index contributed by atoms with van der Waals surface area (Å²) in [7, 11) is 0. The summed E-state index contributed by atoms with van der Waals surface area (Å²) in [5.41, 5.74) is 3.31. The molecule has 7 heteroatoms. The minimum Gasteiger partial charge on any atom is -0.478 e. The highest BCUT2D eigenvalue weighted by Gasteiger charge is 2.21. The molecule has 0 unspecified atom stereocenters. The lowest BCUT2D eigenvalue weighted by molar-refractivity contribution is -0.116. The fraction of sp³-hybridized carbons (Fsp3) is 0.150. The van der Waals surface area contributed by atoms with E-state index in [0.29, 0.717) is 27.3 Å². The van der Waals surface area contributed by atoms with E-state index >= 15 is 0 Å². The third-order valence-electron chi connectivity index (χ3n) is 3.97. The Kier molecular flexibility index (Phi) is 6.03. The summed E-state index contributed by atoms with van der Waals surface area (Å²) in [5, 5.41) is 14.4. The molecule has 2 heterocycles. The number of pyridine rings is 1. The third kappa shape index (κ3) is 4.81. The molecule has 0 aliphatic rings. The highest BCUT2D eigenvalue weighted by atomic mass is 79.9. The lowest BCUT2D eigenvalue weighted by Gasteiger charge is -2.06. The zero-order valence-corrected chi connectivity index (χ0v) is 16.9. The summed E-state index contributed by atoms with van der Waals surface area (Å²) in [4.78, 5) is 28.4. The summed E-state index contributed by atoms with van der Waals surface area (Å²) in [5.74, 6) is -1.31. The highest BCUT2D eigenvalue weighted by Crippen LogP contribution is 2.35. The first kappa shape index (κ1) is 19.3. The van der Waals surface area contributed by atoms with Crippen LogP contribution in [0.2, 0.25) is 0 Å². The Morgan fingerprint density at radius 3 is 2.70 bits per heavy atom. The quantitative estimate of drug-likeness (QED) is 0.515. The maximum absolute atomic E-state index is 12.3. The van der Waals surface area contributed by atoms with Gasteiger partial charge in [-0.3, -0.25) is 4.79 Å². The number of aromatic nitrogens is 1. The van der Waals surface area contributed by atoms with Crippen molar-refractivity contribution in [3.05, 3.63) is 69.1 Å². The van der Waals surface area contributed by atoms with E-state index in [1.165, 1.54) is 11.3 Å². The molecule has 0 spiro atoms. The molecule has 0 aliphatic carbocycles. The van der Waals surface area contributed by atoms with Crippen molar-refractivity contribution in [2.45, 2.75) is 19.8 Å². The van der Waals surface area contributed by atoms with Gasteiger partial charge in [-0.15, -0.1) is 11.3 Å². The Balaban J connectivity index is 1.76. The predicted octanol–water partition coefficient (Wildman–Crippen LogP) is 5.15. The number of carboxylic acid groups (broad SMARTS) is 1. The smallest absolute Gasteiger partial charge is 0.339 e. The molecule has 0 atom stereocenters. The van der Waals surface area contributed by atoms with Crippen LogP contribution < -0.4 is 5.32 Å². The van der Waals surface area contributed by atoms with Crippen LogP contribution in [0, 0.1) is 6.92 Å². The maximum Gasteiger partial charge on any atom is 0.339 e. The molecule has 27 heavy (non-hydrogen) atoms. The number of anilines is 1. The number of benzene rings is 1. The largest absolute Gasteiger partial charge is 0.478 e. The number of carbonyl (C=O) groups is 2. The number of carbonyl (C=O) groups excluding carboxylic acids is 1. The number of aryl methyl sites for hydroxylation is 2. The number of thiophene rings is 1. The van der Waals surface area contributed by atoms with Crippen LogP contribution in [0.25, 0.3) is 11.3 Å². The first-order valence-electron chi connectivity index (χ1n) is 8.27. The normalized spacial score (nSPS) is 10.6. The molecule has 1 aromatic carbocycles. The number of nitrogens with zero attached hydrogens (tertiary/aromatic N) is 1. The summed E-state index contributed by atoms with van der Waals surface area (Å²) in [6.07, 6.45) is 0.881. The van der Waals surface area contributed by atoms with Crippen molar-refractivity contribution in [1.82, 2.24) is 4.98 Å². The first-order valence-corrected chi connectivity index (χ1v) is 9.94. The summed E-state index contributed by atoms with van der Waals surface area (Å²) in [6.45, 7) is 2.01. The third-order valence-corrected chi connectivity index (χ3v) is 5.31. The second kappa shape index (κ2) is 8.45. The SMILES string of the molecule is Cc1cccc(CCC(=O)Nc2scc(-c3cccc(Br)n3)c2C(=O)O)c1. The van der Waals surface area contributed by atoms with Crippen LogP contribution in [-0.4, -0.2) is 22.0 Å². The molecule has 138 valence electrons. The molecule has 0 fully saturated rings. The van der Waals surface area contributed by atoms with Crippen molar-refractivity contribution in [3.8, 4) is 11.3 Å². The van der Waals surface area contributed by atoms with Crippen LogP contribution in [0.3, 0.4) is 0 Å². The average Bonchev–Trinajstić information content (AvgIpc) is 3.04. The summed E-state index contributed by atoms with van der Waals surface area (Å²) < 4.78 is 0.617. The number of nitrogens with one attached hydrogen (secondary N) is 1. The highest BCUT2D eigenvalue weighted by molar-refractivity contribution is 9.10. The Morgan fingerprint density at radius 2 is 2.00 bits per heavy atom.